The Hall–Kier alpha value is -1.36. The molecule has 100 valence electrons. The minimum atomic E-state index is -0.580. The van der Waals surface area contributed by atoms with Crippen molar-refractivity contribution in [3.63, 3.8) is 0 Å². The molecule has 0 spiro atoms. The quantitative estimate of drug-likeness (QED) is 0.844. The van der Waals surface area contributed by atoms with E-state index in [4.69, 9.17) is 5.73 Å². The molecular formula is C13H22N4O. The van der Waals surface area contributed by atoms with Gasteiger partial charge >= 0.3 is 0 Å². The lowest BCUT2D eigenvalue weighted by Crippen LogP contribution is -2.59. The predicted molar refractivity (Wildman–Crippen MR) is 69.9 cm³/mol. The predicted octanol–water partition coefficient (Wildman–Crippen LogP) is 1.22. The largest absolute Gasteiger partial charge is 0.368 e. The van der Waals surface area contributed by atoms with Crippen molar-refractivity contribution in [2.75, 3.05) is 0 Å². The summed E-state index contributed by atoms with van der Waals surface area (Å²) >= 11 is 0. The summed E-state index contributed by atoms with van der Waals surface area (Å²) in [6.45, 7) is 4.09. The zero-order valence-electron chi connectivity index (χ0n) is 11.1. The zero-order valence-corrected chi connectivity index (χ0v) is 11.1. The Bertz CT molecular complexity index is 401. The number of nitrogens with one attached hydrogen (secondary N) is 1. The van der Waals surface area contributed by atoms with Crippen molar-refractivity contribution in [1.29, 1.82) is 0 Å². The second kappa shape index (κ2) is 5.10. The van der Waals surface area contributed by atoms with Gasteiger partial charge in [0.2, 0.25) is 5.91 Å². The van der Waals surface area contributed by atoms with E-state index in [0.29, 0.717) is 0 Å². The van der Waals surface area contributed by atoms with Crippen LogP contribution in [0.3, 0.4) is 0 Å². The van der Waals surface area contributed by atoms with Crippen LogP contribution in [0.1, 0.15) is 45.6 Å². The van der Waals surface area contributed by atoms with Gasteiger partial charge in [-0.15, -0.1) is 0 Å². The highest BCUT2D eigenvalue weighted by atomic mass is 16.1. The van der Waals surface area contributed by atoms with E-state index in [1.165, 1.54) is 0 Å². The molecule has 1 fully saturated rings. The van der Waals surface area contributed by atoms with E-state index < -0.39 is 5.54 Å². The number of hydrogen-bond donors (Lipinski definition) is 2. The van der Waals surface area contributed by atoms with Crippen LogP contribution in [0.4, 0.5) is 0 Å². The molecule has 0 saturated heterocycles. The summed E-state index contributed by atoms with van der Waals surface area (Å²) in [5.41, 5.74) is 5.05. The smallest absolute Gasteiger partial charge is 0.237 e. The van der Waals surface area contributed by atoms with Gasteiger partial charge in [-0.05, 0) is 45.6 Å². The number of nitrogens with two attached hydrogens (primary N) is 1. The van der Waals surface area contributed by atoms with Crippen molar-refractivity contribution in [2.45, 2.75) is 57.2 Å². The van der Waals surface area contributed by atoms with E-state index in [2.05, 4.69) is 10.4 Å². The molecule has 1 aromatic rings. The second-order valence-corrected chi connectivity index (χ2v) is 5.48. The molecule has 1 aromatic heterocycles. The molecule has 0 aliphatic heterocycles. The van der Waals surface area contributed by atoms with Crippen molar-refractivity contribution in [3.05, 3.63) is 18.5 Å². The molecule has 1 saturated carbocycles. The normalized spacial score (nSPS) is 28.5. The molecule has 2 unspecified atom stereocenters. The first kappa shape index (κ1) is 13.1. The van der Waals surface area contributed by atoms with Crippen molar-refractivity contribution < 1.29 is 4.79 Å². The molecule has 0 bridgehead atoms. The van der Waals surface area contributed by atoms with E-state index in [0.717, 1.165) is 25.7 Å². The van der Waals surface area contributed by atoms with Crippen molar-refractivity contribution in [2.24, 2.45) is 5.73 Å². The van der Waals surface area contributed by atoms with E-state index in [1.807, 2.05) is 30.8 Å². The first-order valence-electron chi connectivity index (χ1n) is 6.60. The summed E-state index contributed by atoms with van der Waals surface area (Å²) in [4.78, 5) is 11.9. The summed E-state index contributed by atoms with van der Waals surface area (Å²) in [5, 5.41) is 7.65. The zero-order chi connectivity index (χ0) is 13.2. The maximum atomic E-state index is 11.9. The fourth-order valence-corrected chi connectivity index (χ4v) is 2.95. The number of rotatable bonds is 4. The molecule has 5 heteroatoms. The fraction of sp³-hybridized carbons (Fsp3) is 0.692. The van der Waals surface area contributed by atoms with Crippen LogP contribution >= 0.6 is 0 Å². The number of aromatic nitrogens is 2. The van der Waals surface area contributed by atoms with Crippen LogP contribution in [0.15, 0.2) is 18.5 Å². The van der Waals surface area contributed by atoms with Crippen LogP contribution in [0.5, 0.6) is 0 Å². The molecule has 5 nitrogen and oxygen atoms in total. The van der Waals surface area contributed by atoms with Gasteiger partial charge in [0.25, 0.3) is 0 Å². The summed E-state index contributed by atoms with van der Waals surface area (Å²) in [5.74, 6) is -0.243. The summed E-state index contributed by atoms with van der Waals surface area (Å²) in [7, 11) is 0. The number of hydrogen-bond acceptors (Lipinski definition) is 3. The van der Waals surface area contributed by atoms with Gasteiger partial charge < -0.3 is 11.1 Å². The molecule has 18 heavy (non-hydrogen) atoms. The van der Waals surface area contributed by atoms with Gasteiger partial charge in [-0.2, -0.15) is 5.10 Å². The van der Waals surface area contributed by atoms with E-state index >= 15 is 0 Å². The fourth-order valence-electron chi connectivity index (χ4n) is 2.95. The highest BCUT2D eigenvalue weighted by molar-refractivity contribution is 5.84. The lowest BCUT2D eigenvalue weighted by atomic mass is 9.78. The van der Waals surface area contributed by atoms with Crippen LogP contribution in [0, 0.1) is 0 Å². The topological polar surface area (TPSA) is 72.9 Å². The van der Waals surface area contributed by atoms with Gasteiger partial charge in [0.15, 0.2) is 0 Å². The third kappa shape index (κ3) is 2.56. The SMILES string of the molecule is CC(C)NC1(C(N)=O)CCCC(n2cccn2)C1. The number of carbonyl (C=O) groups is 1. The minimum Gasteiger partial charge on any atom is -0.368 e. The highest BCUT2D eigenvalue weighted by Crippen LogP contribution is 2.35. The van der Waals surface area contributed by atoms with Crippen LogP contribution in [-0.4, -0.2) is 27.3 Å². The Morgan fingerprint density at radius 2 is 2.39 bits per heavy atom. The standard InChI is InChI=1S/C13H22N4O/c1-10(2)16-13(12(14)18)6-3-5-11(9-13)17-8-4-7-15-17/h4,7-8,10-11,16H,3,5-6,9H2,1-2H3,(H2,14,18). The van der Waals surface area contributed by atoms with Gasteiger partial charge in [0.1, 0.15) is 0 Å². The molecule has 2 rings (SSSR count). The van der Waals surface area contributed by atoms with Crippen LogP contribution in [0.25, 0.3) is 0 Å². The van der Waals surface area contributed by atoms with Crippen molar-refractivity contribution >= 4 is 5.91 Å². The minimum absolute atomic E-state index is 0.243. The monoisotopic (exact) mass is 250 g/mol. The van der Waals surface area contributed by atoms with E-state index in [-0.39, 0.29) is 18.0 Å². The molecule has 1 amide bonds. The van der Waals surface area contributed by atoms with E-state index in [9.17, 15) is 4.79 Å². The average molecular weight is 250 g/mol. The summed E-state index contributed by atoms with van der Waals surface area (Å²) in [6, 6.07) is 2.41. The third-order valence-corrected chi connectivity index (χ3v) is 3.66. The summed E-state index contributed by atoms with van der Waals surface area (Å²) in [6.07, 6.45) is 7.32. The van der Waals surface area contributed by atoms with Crippen molar-refractivity contribution in [1.82, 2.24) is 15.1 Å². The Morgan fingerprint density at radius 1 is 1.61 bits per heavy atom. The maximum Gasteiger partial charge on any atom is 0.237 e. The molecule has 3 N–H and O–H groups in total. The molecule has 0 radical (unpaired) electrons. The maximum absolute atomic E-state index is 11.9. The first-order chi connectivity index (χ1) is 8.53. The molecule has 1 heterocycles. The number of amides is 1. The molecule has 0 aromatic carbocycles. The summed E-state index contributed by atoms with van der Waals surface area (Å²) < 4.78 is 1.94. The first-order valence-corrected chi connectivity index (χ1v) is 6.60. The van der Waals surface area contributed by atoms with E-state index in [1.54, 1.807) is 6.20 Å². The molecule has 2 atom stereocenters. The molecule has 1 aliphatic carbocycles. The van der Waals surface area contributed by atoms with Crippen LogP contribution in [0.2, 0.25) is 0 Å². The Kier molecular flexibility index (Phi) is 3.71. The molecular weight excluding hydrogens is 228 g/mol. The highest BCUT2D eigenvalue weighted by Gasteiger charge is 2.42. The lowest BCUT2D eigenvalue weighted by Gasteiger charge is -2.40. The Labute approximate surface area is 108 Å². The lowest BCUT2D eigenvalue weighted by molar-refractivity contribution is -0.126. The number of primary amides is 1. The Balaban J connectivity index is 2.18. The molecule has 1 aliphatic rings. The van der Waals surface area contributed by atoms with Crippen LogP contribution in [-0.2, 0) is 4.79 Å². The van der Waals surface area contributed by atoms with Gasteiger partial charge in [-0.1, -0.05) is 0 Å². The Morgan fingerprint density at radius 3 is 2.94 bits per heavy atom. The van der Waals surface area contributed by atoms with Gasteiger partial charge in [0, 0.05) is 18.4 Å². The van der Waals surface area contributed by atoms with Gasteiger partial charge in [-0.25, -0.2) is 0 Å². The van der Waals surface area contributed by atoms with Crippen LogP contribution < -0.4 is 11.1 Å². The number of carbonyl (C=O) groups excluding carboxylic acids is 1. The van der Waals surface area contributed by atoms with Gasteiger partial charge in [0.05, 0.1) is 11.6 Å². The van der Waals surface area contributed by atoms with Gasteiger partial charge in [-0.3, -0.25) is 9.48 Å². The number of nitrogens with zero attached hydrogens (tertiary/aromatic N) is 2. The third-order valence-electron chi connectivity index (χ3n) is 3.66. The van der Waals surface area contributed by atoms with Crippen molar-refractivity contribution in [3.8, 4) is 0 Å². The average Bonchev–Trinajstić information content (AvgIpc) is 2.81. The second-order valence-electron chi connectivity index (χ2n) is 5.48.